The number of benzene rings is 1. The maximum atomic E-state index is 11.0. The third-order valence-corrected chi connectivity index (χ3v) is 3.73. The van der Waals surface area contributed by atoms with Crippen molar-refractivity contribution < 1.29 is 14.3 Å². The second-order valence-electron chi connectivity index (χ2n) is 5.51. The van der Waals surface area contributed by atoms with E-state index in [1.165, 1.54) is 12.7 Å². The number of ether oxygens (including phenoxy) is 2. The lowest BCUT2D eigenvalue weighted by atomic mass is 10.1. The highest BCUT2D eigenvalue weighted by atomic mass is 16.5. The van der Waals surface area contributed by atoms with Crippen LogP contribution in [0, 0.1) is 6.92 Å². The SMILES string of the molecule is CN=C(NCCCCC(=O)OC)NCCc1ccc(C)c(OC)c1. The molecule has 1 aromatic carbocycles. The molecule has 0 bridgehead atoms. The van der Waals surface area contributed by atoms with Gasteiger partial charge in [-0.25, -0.2) is 0 Å². The highest BCUT2D eigenvalue weighted by Crippen LogP contribution is 2.18. The molecule has 0 aliphatic rings. The van der Waals surface area contributed by atoms with Gasteiger partial charge in [0.25, 0.3) is 0 Å². The normalized spacial score (nSPS) is 11.1. The number of nitrogens with zero attached hydrogens (tertiary/aromatic N) is 1. The summed E-state index contributed by atoms with van der Waals surface area (Å²) < 4.78 is 9.96. The van der Waals surface area contributed by atoms with Crippen molar-refractivity contribution in [1.82, 2.24) is 10.6 Å². The summed E-state index contributed by atoms with van der Waals surface area (Å²) in [5.41, 5.74) is 2.36. The summed E-state index contributed by atoms with van der Waals surface area (Å²) in [6.45, 7) is 3.59. The Labute approximate surface area is 144 Å². The number of rotatable bonds is 9. The Balaban J connectivity index is 2.26. The zero-order chi connectivity index (χ0) is 17.8. The van der Waals surface area contributed by atoms with E-state index in [4.69, 9.17) is 4.74 Å². The molecule has 6 nitrogen and oxygen atoms in total. The standard InChI is InChI=1S/C18H29N3O3/c1-14-8-9-15(13-16(14)23-3)10-12-21-18(19-2)20-11-6-5-7-17(22)24-4/h8-9,13H,5-7,10-12H2,1-4H3,(H2,19,20,21). The van der Waals surface area contributed by atoms with Crippen molar-refractivity contribution in [3.63, 3.8) is 0 Å². The summed E-state index contributed by atoms with van der Waals surface area (Å²) in [5, 5.41) is 6.53. The van der Waals surface area contributed by atoms with Crippen LogP contribution in [0.4, 0.5) is 0 Å². The summed E-state index contributed by atoms with van der Waals surface area (Å²) in [4.78, 5) is 15.2. The van der Waals surface area contributed by atoms with Crippen LogP contribution in [0.1, 0.15) is 30.4 Å². The average molecular weight is 335 g/mol. The Morgan fingerprint density at radius 3 is 2.58 bits per heavy atom. The van der Waals surface area contributed by atoms with Crippen LogP contribution in [0.3, 0.4) is 0 Å². The van der Waals surface area contributed by atoms with Crippen molar-refractivity contribution >= 4 is 11.9 Å². The molecule has 0 amide bonds. The van der Waals surface area contributed by atoms with E-state index in [2.05, 4.69) is 38.6 Å². The van der Waals surface area contributed by atoms with Crippen LogP contribution in [0.2, 0.25) is 0 Å². The van der Waals surface area contributed by atoms with Crippen molar-refractivity contribution in [2.75, 3.05) is 34.4 Å². The molecule has 0 saturated carbocycles. The minimum absolute atomic E-state index is 0.161. The van der Waals surface area contributed by atoms with Crippen molar-refractivity contribution in [2.24, 2.45) is 4.99 Å². The summed E-state index contributed by atoms with van der Waals surface area (Å²) in [7, 11) is 4.85. The van der Waals surface area contributed by atoms with Crippen LogP contribution in [0.5, 0.6) is 5.75 Å². The Morgan fingerprint density at radius 2 is 1.92 bits per heavy atom. The van der Waals surface area contributed by atoms with Gasteiger partial charge in [-0.2, -0.15) is 0 Å². The lowest BCUT2D eigenvalue weighted by molar-refractivity contribution is -0.140. The molecule has 0 aliphatic heterocycles. The number of guanidine groups is 1. The number of carbonyl (C=O) groups excluding carboxylic acids is 1. The van der Waals surface area contributed by atoms with E-state index in [1.807, 2.05) is 6.92 Å². The molecule has 24 heavy (non-hydrogen) atoms. The van der Waals surface area contributed by atoms with Crippen LogP contribution >= 0.6 is 0 Å². The number of hydrogen-bond donors (Lipinski definition) is 2. The van der Waals surface area contributed by atoms with E-state index in [9.17, 15) is 4.79 Å². The van der Waals surface area contributed by atoms with Gasteiger partial charge in [0.05, 0.1) is 14.2 Å². The molecule has 0 atom stereocenters. The van der Waals surface area contributed by atoms with E-state index >= 15 is 0 Å². The predicted octanol–water partition coefficient (Wildman–Crippen LogP) is 2.05. The van der Waals surface area contributed by atoms with Gasteiger partial charge >= 0.3 is 5.97 Å². The summed E-state index contributed by atoms with van der Waals surface area (Å²) >= 11 is 0. The highest BCUT2D eigenvalue weighted by Gasteiger charge is 2.02. The van der Waals surface area contributed by atoms with Gasteiger partial charge in [0.15, 0.2) is 5.96 Å². The first-order chi connectivity index (χ1) is 11.6. The third-order valence-electron chi connectivity index (χ3n) is 3.73. The van der Waals surface area contributed by atoms with E-state index in [0.717, 1.165) is 49.6 Å². The number of esters is 1. The Kier molecular flexibility index (Phi) is 9.34. The van der Waals surface area contributed by atoms with Gasteiger partial charge in [0, 0.05) is 26.6 Å². The van der Waals surface area contributed by atoms with Crippen molar-refractivity contribution in [1.29, 1.82) is 0 Å². The topological polar surface area (TPSA) is 72.0 Å². The van der Waals surface area contributed by atoms with Crippen molar-refractivity contribution in [3.05, 3.63) is 29.3 Å². The lowest BCUT2D eigenvalue weighted by Crippen LogP contribution is -2.38. The van der Waals surface area contributed by atoms with Gasteiger partial charge in [0.2, 0.25) is 0 Å². The zero-order valence-corrected chi connectivity index (χ0v) is 15.1. The molecule has 134 valence electrons. The molecule has 0 aliphatic carbocycles. The Hall–Kier alpha value is -2.24. The van der Waals surface area contributed by atoms with E-state index < -0.39 is 0 Å². The van der Waals surface area contributed by atoms with Crippen LogP contribution in [0.15, 0.2) is 23.2 Å². The molecule has 1 aromatic rings. The average Bonchev–Trinajstić information content (AvgIpc) is 2.60. The van der Waals surface area contributed by atoms with Gasteiger partial charge in [0.1, 0.15) is 5.75 Å². The molecule has 1 rings (SSSR count). The van der Waals surface area contributed by atoms with Gasteiger partial charge in [-0.15, -0.1) is 0 Å². The second kappa shape index (κ2) is 11.3. The number of hydrogen-bond acceptors (Lipinski definition) is 4. The fourth-order valence-corrected chi connectivity index (χ4v) is 2.27. The molecule has 0 fully saturated rings. The minimum atomic E-state index is -0.161. The van der Waals surface area contributed by atoms with Gasteiger partial charge < -0.3 is 20.1 Å². The molecule has 6 heteroatoms. The molecule has 0 aromatic heterocycles. The smallest absolute Gasteiger partial charge is 0.305 e. The number of carbonyl (C=O) groups is 1. The second-order valence-corrected chi connectivity index (χ2v) is 5.51. The number of aliphatic imine (C=N–C) groups is 1. The van der Waals surface area contributed by atoms with Gasteiger partial charge in [-0.05, 0) is 43.4 Å². The quantitative estimate of drug-likeness (QED) is 0.313. The van der Waals surface area contributed by atoms with Crippen LogP contribution in [0.25, 0.3) is 0 Å². The first kappa shape index (κ1) is 19.8. The number of methoxy groups -OCH3 is 2. The number of nitrogens with one attached hydrogen (secondary N) is 2. The summed E-state index contributed by atoms with van der Waals surface area (Å²) in [5.74, 6) is 1.53. The highest BCUT2D eigenvalue weighted by molar-refractivity contribution is 5.79. The van der Waals surface area contributed by atoms with E-state index in [-0.39, 0.29) is 5.97 Å². The minimum Gasteiger partial charge on any atom is -0.496 e. The fourth-order valence-electron chi connectivity index (χ4n) is 2.27. The summed E-state index contributed by atoms with van der Waals surface area (Å²) in [6.07, 6.45) is 3.05. The largest absolute Gasteiger partial charge is 0.496 e. The predicted molar refractivity (Wildman–Crippen MR) is 96.7 cm³/mol. The number of unbranched alkanes of at least 4 members (excludes halogenated alkanes) is 1. The fraction of sp³-hybridized carbons (Fsp3) is 0.556. The third kappa shape index (κ3) is 7.35. The molecule has 0 saturated heterocycles. The Morgan fingerprint density at radius 1 is 1.17 bits per heavy atom. The molecular weight excluding hydrogens is 306 g/mol. The molecule has 0 radical (unpaired) electrons. The van der Waals surface area contributed by atoms with Crippen LogP contribution < -0.4 is 15.4 Å². The van der Waals surface area contributed by atoms with Gasteiger partial charge in [-0.3, -0.25) is 9.79 Å². The molecule has 0 heterocycles. The number of aryl methyl sites for hydroxylation is 1. The first-order valence-corrected chi connectivity index (χ1v) is 8.25. The Bertz CT molecular complexity index is 544. The lowest BCUT2D eigenvalue weighted by Gasteiger charge is -2.12. The van der Waals surface area contributed by atoms with Crippen LogP contribution in [-0.4, -0.2) is 46.3 Å². The van der Waals surface area contributed by atoms with Crippen LogP contribution in [-0.2, 0) is 16.0 Å². The molecule has 0 spiro atoms. The monoisotopic (exact) mass is 335 g/mol. The van der Waals surface area contributed by atoms with Crippen molar-refractivity contribution in [2.45, 2.75) is 32.6 Å². The maximum absolute atomic E-state index is 11.0. The van der Waals surface area contributed by atoms with Crippen molar-refractivity contribution in [3.8, 4) is 5.75 Å². The van der Waals surface area contributed by atoms with E-state index in [1.54, 1.807) is 14.2 Å². The first-order valence-electron chi connectivity index (χ1n) is 8.25. The molecule has 2 N–H and O–H groups in total. The van der Waals surface area contributed by atoms with Gasteiger partial charge in [-0.1, -0.05) is 12.1 Å². The molecule has 0 unspecified atom stereocenters. The zero-order valence-electron chi connectivity index (χ0n) is 15.1. The van der Waals surface area contributed by atoms with E-state index in [0.29, 0.717) is 6.42 Å². The summed E-state index contributed by atoms with van der Waals surface area (Å²) in [6, 6.07) is 6.26. The molecular formula is C18H29N3O3. The maximum Gasteiger partial charge on any atom is 0.305 e.